The van der Waals surface area contributed by atoms with Gasteiger partial charge in [-0.15, -0.1) is 0 Å². The summed E-state index contributed by atoms with van der Waals surface area (Å²) in [5, 5.41) is 1.92. The Labute approximate surface area is 116 Å². The minimum atomic E-state index is 0.631. The molecule has 3 rings (SSSR count). The molecule has 0 bridgehead atoms. The van der Waals surface area contributed by atoms with E-state index in [9.17, 15) is 0 Å². The second kappa shape index (κ2) is 4.94. The van der Waals surface area contributed by atoms with Gasteiger partial charge in [-0.25, -0.2) is 4.98 Å². The molecule has 4 heteroatoms. The molecule has 3 nitrogen and oxygen atoms in total. The molecule has 0 aliphatic rings. The van der Waals surface area contributed by atoms with Gasteiger partial charge in [-0.05, 0) is 29.7 Å². The Hall–Kier alpha value is -2.00. The quantitative estimate of drug-likeness (QED) is 0.726. The van der Waals surface area contributed by atoms with E-state index in [0.29, 0.717) is 12.4 Å². The Morgan fingerprint density at radius 1 is 1.21 bits per heavy atom. The smallest absolute Gasteiger partial charge is 0.213 e. The zero-order chi connectivity index (χ0) is 13.2. The molecular weight excluding hydrogens is 260 g/mol. The number of halogens is 1. The fraction of sp³-hybridized carbons (Fsp3) is 0.133. The fourth-order valence-electron chi connectivity index (χ4n) is 2.13. The topological polar surface area (TPSA) is 27.1 Å². The average Bonchev–Trinajstić information content (AvgIpc) is 2.81. The molecule has 1 aromatic carbocycles. The number of methoxy groups -OCH3 is 1. The lowest BCUT2D eigenvalue weighted by Gasteiger charge is -2.06. The van der Waals surface area contributed by atoms with Gasteiger partial charge in [0.15, 0.2) is 0 Å². The molecule has 0 unspecified atom stereocenters. The molecule has 19 heavy (non-hydrogen) atoms. The molecule has 0 saturated heterocycles. The predicted molar refractivity (Wildman–Crippen MR) is 76.8 cm³/mol. The first-order valence-corrected chi connectivity index (χ1v) is 6.38. The first kappa shape index (κ1) is 12.1. The van der Waals surface area contributed by atoms with Gasteiger partial charge in [-0.1, -0.05) is 23.7 Å². The molecule has 0 amide bonds. The monoisotopic (exact) mass is 272 g/mol. The predicted octanol–water partition coefficient (Wildman–Crippen LogP) is 3.75. The van der Waals surface area contributed by atoms with Crippen LogP contribution in [0.1, 0.15) is 5.69 Å². The number of ether oxygens (including phenoxy) is 1. The van der Waals surface area contributed by atoms with Crippen molar-refractivity contribution >= 4 is 22.5 Å². The van der Waals surface area contributed by atoms with E-state index in [1.165, 1.54) is 5.39 Å². The fourth-order valence-corrected chi connectivity index (χ4v) is 2.30. The molecule has 2 aromatic heterocycles. The minimum absolute atomic E-state index is 0.631. The van der Waals surface area contributed by atoms with Crippen LogP contribution in [0.4, 0.5) is 0 Å². The number of rotatable bonds is 3. The molecule has 3 aromatic rings. The van der Waals surface area contributed by atoms with Gasteiger partial charge in [0.05, 0.1) is 19.3 Å². The Bertz CT molecular complexity index is 721. The first-order chi connectivity index (χ1) is 9.26. The van der Waals surface area contributed by atoms with Crippen molar-refractivity contribution in [3.63, 3.8) is 0 Å². The summed E-state index contributed by atoms with van der Waals surface area (Å²) in [5.74, 6) is 0.631. The van der Waals surface area contributed by atoms with Crippen molar-refractivity contribution in [2.45, 2.75) is 6.54 Å². The van der Waals surface area contributed by atoms with E-state index in [2.05, 4.69) is 15.6 Å². The highest BCUT2D eigenvalue weighted by molar-refractivity contribution is 6.31. The normalized spacial score (nSPS) is 10.8. The molecular formula is C15H13ClN2O. The first-order valence-electron chi connectivity index (χ1n) is 6.00. The molecule has 2 heterocycles. The van der Waals surface area contributed by atoms with Gasteiger partial charge in [0, 0.05) is 22.8 Å². The van der Waals surface area contributed by atoms with Crippen LogP contribution in [0.2, 0.25) is 5.02 Å². The molecule has 96 valence electrons. The van der Waals surface area contributed by atoms with Gasteiger partial charge < -0.3 is 9.30 Å². The van der Waals surface area contributed by atoms with Gasteiger partial charge >= 0.3 is 0 Å². The summed E-state index contributed by atoms with van der Waals surface area (Å²) in [6.45, 7) is 0.695. The van der Waals surface area contributed by atoms with E-state index in [1.807, 2.05) is 42.6 Å². The third-order valence-corrected chi connectivity index (χ3v) is 3.29. The van der Waals surface area contributed by atoms with Crippen molar-refractivity contribution in [3.05, 3.63) is 59.4 Å². The van der Waals surface area contributed by atoms with Crippen LogP contribution < -0.4 is 4.74 Å². The van der Waals surface area contributed by atoms with E-state index in [0.717, 1.165) is 16.2 Å². The van der Waals surface area contributed by atoms with Crippen molar-refractivity contribution in [2.24, 2.45) is 0 Å². The summed E-state index contributed by atoms with van der Waals surface area (Å²) in [6.07, 6.45) is 2.04. The third kappa shape index (κ3) is 2.42. The molecule has 0 fully saturated rings. The highest BCUT2D eigenvalue weighted by atomic mass is 35.5. The largest absolute Gasteiger partial charge is 0.481 e. The van der Waals surface area contributed by atoms with Crippen LogP contribution in [0.5, 0.6) is 5.88 Å². The summed E-state index contributed by atoms with van der Waals surface area (Å²) < 4.78 is 7.27. The summed E-state index contributed by atoms with van der Waals surface area (Å²) in [5.41, 5.74) is 2.06. The lowest BCUT2D eigenvalue weighted by Crippen LogP contribution is -2.01. The highest BCUT2D eigenvalue weighted by Gasteiger charge is 2.04. The molecule has 0 N–H and O–H groups in total. The summed E-state index contributed by atoms with van der Waals surface area (Å²) in [4.78, 5) is 4.42. The average molecular weight is 273 g/mol. The van der Waals surface area contributed by atoms with Gasteiger partial charge in [-0.3, -0.25) is 0 Å². The highest BCUT2D eigenvalue weighted by Crippen LogP contribution is 2.21. The maximum Gasteiger partial charge on any atom is 0.213 e. The summed E-state index contributed by atoms with van der Waals surface area (Å²) in [6, 6.07) is 13.7. The van der Waals surface area contributed by atoms with Crippen LogP contribution in [0.25, 0.3) is 10.9 Å². The number of benzene rings is 1. The second-order valence-electron chi connectivity index (χ2n) is 4.32. The van der Waals surface area contributed by atoms with Crippen LogP contribution in [0.3, 0.4) is 0 Å². The van der Waals surface area contributed by atoms with Crippen molar-refractivity contribution < 1.29 is 4.74 Å². The van der Waals surface area contributed by atoms with Crippen molar-refractivity contribution in [1.29, 1.82) is 0 Å². The van der Waals surface area contributed by atoms with Gasteiger partial charge in [0.25, 0.3) is 0 Å². The van der Waals surface area contributed by atoms with Gasteiger partial charge in [-0.2, -0.15) is 0 Å². The van der Waals surface area contributed by atoms with Crippen LogP contribution >= 0.6 is 11.6 Å². The SMILES string of the molecule is COc1cccc(Cn2ccc3ccc(Cl)cc32)n1. The number of fused-ring (bicyclic) bond motifs is 1. The molecule has 0 aliphatic heterocycles. The summed E-state index contributed by atoms with van der Waals surface area (Å²) >= 11 is 6.05. The van der Waals surface area contributed by atoms with Crippen molar-refractivity contribution in [2.75, 3.05) is 7.11 Å². The Morgan fingerprint density at radius 3 is 2.95 bits per heavy atom. The van der Waals surface area contributed by atoms with Crippen LogP contribution in [-0.4, -0.2) is 16.7 Å². The van der Waals surface area contributed by atoms with Crippen LogP contribution in [0, 0.1) is 0 Å². The molecule has 0 aliphatic carbocycles. The van der Waals surface area contributed by atoms with Crippen molar-refractivity contribution in [3.8, 4) is 5.88 Å². The zero-order valence-electron chi connectivity index (χ0n) is 10.5. The van der Waals surface area contributed by atoms with Gasteiger partial charge in [0.2, 0.25) is 5.88 Å². The Morgan fingerprint density at radius 2 is 2.11 bits per heavy atom. The van der Waals surface area contributed by atoms with E-state index in [1.54, 1.807) is 7.11 Å². The maximum atomic E-state index is 6.05. The maximum absolute atomic E-state index is 6.05. The van der Waals surface area contributed by atoms with E-state index >= 15 is 0 Å². The van der Waals surface area contributed by atoms with Gasteiger partial charge in [0.1, 0.15) is 0 Å². The minimum Gasteiger partial charge on any atom is -0.481 e. The molecule has 0 atom stereocenters. The standard InChI is InChI=1S/C15H13ClN2O/c1-19-15-4-2-3-13(17-15)10-18-8-7-11-5-6-12(16)9-14(11)18/h2-9H,10H2,1H3. The number of hydrogen-bond donors (Lipinski definition) is 0. The lowest BCUT2D eigenvalue weighted by molar-refractivity contribution is 0.396. The zero-order valence-corrected chi connectivity index (χ0v) is 11.3. The Kier molecular flexibility index (Phi) is 3.13. The van der Waals surface area contributed by atoms with Crippen LogP contribution in [0.15, 0.2) is 48.7 Å². The van der Waals surface area contributed by atoms with E-state index in [-0.39, 0.29) is 0 Å². The number of pyridine rings is 1. The van der Waals surface area contributed by atoms with E-state index in [4.69, 9.17) is 16.3 Å². The number of hydrogen-bond acceptors (Lipinski definition) is 2. The van der Waals surface area contributed by atoms with E-state index < -0.39 is 0 Å². The number of nitrogens with zero attached hydrogens (tertiary/aromatic N) is 2. The summed E-state index contributed by atoms with van der Waals surface area (Å²) in [7, 11) is 1.62. The molecule has 0 spiro atoms. The third-order valence-electron chi connectivity index (χ3n) is 3.06. The Balaban J connectivity index is 1.98. The lowest BCUT2D eigenvalue weighted by atomic mass is 10.2. The van der Waals surface area contributed by atoms with Crippen LogP contribution in [-0.2, 0) is 6.54 Å². The van der Waals surface area contributed by atoms with Crippen molar-refractivity contribution in [1.82, 2.24) is 9.55 Å². The number of aromatic nitrogens is 2. The second-order valence-corrected chi connectivity index (χ2v) is 4.75. The molecule has 0 radical (unpaired) electrons. The molecule has 0 saturated carbocycles.